The molecular formula is C6H14O3PS-. The molecule has 0 spiro atoms. The summed E-state index contributed by atoms with van der Waals surface area (Å²) in [5.74, 6) is 0. The van der Waals surface area contributed by atoms with Crippen molar-refractivity contribution in [1.82, 2.24) is 0 Å². The standard InChI is InChI=1S/C6H14O3PS/c1-4-8-10(7,6-11-3)9-5-2/h6H,4-5H2,1-3H3/q-1. The lowest BCUT2D eigenvalue weighted by Gasteiger charge is -2.24. The van der Waals surface area contributed by atoms with Gasteiger partial charge in [-0.15, -0.1) is 0 Å². The lowest BCUT2D eigenvalue weighted by Crippen LogP contribution is -1.94. The van der Waals surface area contributed by atoms with Crippen LogP contribution in [0.25, 0.3) is 0 Å². The van der Waals surface area contributed by atoms with Crippen LogP contribution in [0.1, 0.15) is 13.8 Å². The third kappa shape index (κ3) is 4.86. The molecule has 0 radical (unpaired) electrons. The van der Waals surface area contributed by atoms with Crippen molar-refractivity contribution in [1.29, 1.82) is 0 Å². The molecule has 0 aromatic rings. The topological polar surface area (TPSA) is 35.5 Å². The summed E-state index contributed by atoms with van der Waals surface area (Å²) in [5, 5.41) is 0. The van der Waals surface area contributed by atoms with Gasteiger partial charge in [-0.25, -0.2) is 0 Å². The highest BCUT2D eigenvalue weighted by molar-refractivity contribution is 8.06. The first-order valence-electron chi connectivity index (χ1n) is 3.44. The van der Waals surface area contributed by atoms with Crippen molar-refractivity contribution in [2.45, 2.75) is 13.8 Å². The second kappa shape index (κ2) is 6.06. The van der Waals surface area contributed by atoms with Gasteiger partial charge in [0.1, 0.15) is 0 Å². The molecule has 0 aromatic carbocycles. The molecule has 0 bridgehead atoms. The molecule has 11 heavy (non-hydrogen) atoms. The van der Waals surface area contributed by atoms with Gasteiger partial charge in [-0.2, -0.15) is 5.49 Å². The Kier molecular flexibility index (Phi) is 6.34. The number of thioether (sulfide) groups is 1. The summed E-state index contributed by atoms with van der Waals surface area (Å²) in [5.41, 5.74) is 1.51. The largest absolute Gasteiger partial charge is 0.342 e. The predicted molar refractivity (Wildman–Crippen MR) is 48.7 cm³/mol. The maximum Gasteiger partial charge on any atom is 0.196 e. The summed E-state index contributed by atoms with van der Waals surface area (Å²) in [7, 11) is -2.88. The van der Waals surface area contributed by atoms with Gasteiger partial charge in [0, 0.05) is 0 Å². The molecule has 0 aliphatic heterocycles. The van der Waals surface area contributed by atoms with Crippen molar-refractivity contribution < 1.29 is 13.6 Å². The smallest absolute Gasteiger partial charge is 0.196 e. The van der Waals surface area contributed by atoms with Crippen molar-refractivity contribution in [2.75, 3.05) is 19.5 Å². The van der Waals surface area contributed by atoms with Crippen LogP contribution in [0.4, 0.5) is 0 Å². The molecule has 0 N–H and O–H groups in total. The van der Waals surface area contributed by atoms with Gasteiger partial charge in [0.2, 0.25) is 0 Å². The van der Waals surface area contributed by atoms with Crippen LogP contribution < -0.4 is 0 Å². The van der Waals surface area contributed by atoms with Crippen LogP contribution in [0.15, 0.2) is 0 Å². The van der Waals surface area contributed by atoms with E-state index in [4.69, 9.17) is 9.05 Å². The fourth-order valence-electron chi connectivity index (χ4n) is 0.587. The summed E-state index contributed by atoms with van der Waals surface area (Å²) >= 11 is 1.35. The summed E-state index contributed by atoms with van der Waals surface area (Å²) in [6.45, 7) is 4.41. The Labute approximate surface area is 72.4 Å². The Bertz CT molecular complexity index is 116. The van der Waals surface area contributed by atoms with Gasteiger partial charge in [-0.05, 0) is 20.1 Å². The first-order chi connectivity index (χ1) is 5.18. The van der Waals surface area contributed by atoms with Crippen LogP contribution in [0.3, 0.4) is 0 Å². The number of hydrogen-bond donors (Lipinski definition) is 0. The van der Waals surface area contributed by atoms with Crippen molar-refractivity contribution in [2.24, 2.45) is 0 Å². The van der Waals surface area contributed by atoms with Gasteiger partial charge >= 0.3 is 0 Å². The van der Waals surface area contributed by atoms with Crippen LogP contribution in [-0.4, -0.2) is 19.5 Å². The van der Waals surface area contributed by atoms with Crippen LogP contribution in [0.5, 0.6) is 0 Å². The normalized spacial score (nSPS) is 11.9. The molecule has 0 amide bonds. The van der Waals surface area contributed by atoms with Crippen molar-refractivity contribution >= 4 is 19.4 Å². The van der Waals surface area contributed by atoms with Crippen molar-refractivity contribution in [3.05, 3.63) is 5.49 Å². The number of rotatable bonds is 6. The van der Waals surface area contributed by atoms with E-state index in [0.29, 0.717) is 13.2 Å². The molecule has 0 saturated carbocycles. The minimum Gasteiger partial charge on any atom is -0.342 e. The van der Waals surface area contributed by atoms with E-state index in [-0.39, 0.29) is 0 Å². The highest BCUT2D eigenvalue weighted by atomic mass is 32.2. The maximum atomic E-state index is 11.5. The highest BCUT2D eigenvalue weighted by Crippen LogP contribution is 2.53. The van der Waals surface area contributed by atoms with E-state index in [1.807, 2.05) is 6.26 Å². The molecule has 0 aromatic heterocycles. The Morgan fingerprint density at radius 2 is 1.82 bits per heavy atom. The van der Waals surface area contributed by atoms with Gasteiger partial charge in [0.25, 0.3) is 0 Å². The third-order valence-corrected chi connectivity index (χ3v) is 3.96. The van der Waals surface area contributed by atoms with Crippen molar-refractivity contribution in [3.63, 3.8) is 0 Å². The summed E-state index contributed by atoms with van der Waals surface area (Å²) in [4.78, 5) is 0. The molecule has 0 aliphatic carbocycles. The van der Waals surface area contributed by atoms with E-state index in [9.17, 15) is 4.57 Å². The van der Waals surface area contributed by atoms with Crippen LogP contribution in [0, 0.1) is 5.49 Å². The Hall–Kier alpha value is 0.500. The fraction of sp³-hybridized carbons (Fsp3) is 0.833. The van der Waals surface area contributed by atoms with E-state index < -0.39 is 7.60 Å². The van der Waals surface area contributed by atoms with E-state index in [1.165, 1.54) is 17.3 Å². The summed E-state index contributed by atoms with van der Waals surface area (Å²) in [6, 6.07) is 0. The van der Waals surface area contributed by atoms with Gasteiger partial charge in [-0.1, -0.05) is 0 Å². The Balaban J connectivity index is 3.91. The predicted octanol–water partition coefficient (Wildman–Crippen LogP) is 2.73. The van der Waals surface area contributed by atoms with Crippen molar-refractivity contribution in [3.8, 4) is 0 Å². The molecule has 0 unspecified atom stereocenters. The zero-order valence-corrected chi connectivity index (χ0v) is 8.78. The summed E-state index contributed by atoms with van der Waals surface area (Å²) in [6.07, 6.45) is 1.82. The van der Waals surface area contributed by atoms with Crippen LogP contribution in [-0.2, 0) is 13.6 Å². The number of hydrogen-bond acceptors (Lipinski definition) is 4. The molecular weight excluding hydrogens is 183 g/mol. The van der Waals surface area contributed by atoms with E-state index in [1.54, 1.807) is 13.8 Å². The van der Waals surface area contributed by atoms with E-state index >= 15 is 0 Å². The van der Waals surface area contributed by atoms with Crippen LogP contribution in [0.2, 0.25) is 0 Å². The van der Waals surface area contributed by atoms with Gasteiger partial charge in [0.15, 0.2) is 7.60 Å². The first kappa shape index (κ1) is 11.5. The zero-order chi connectivity index (χ0) is 8.74. The Morgan fingerprint density at radius 3 is 2.09 bits per heavy atom. The average Bonchev–Trinajstić information content (AvgIpc) is 1.88. The Morgan fingerprint density at radius 1 is 1.36 bits per heavy atom. The zero-order valence-electron chi connectivity index (χ0n) is 7.07. The minimum absolute atomic E-state index is 0.411. The maximum absolute atomic E-state index is 11.5. The first-order valence-corrected chi connectivity index (χ1v) is 6.34. The third-order valence-electron chi connectivity index (χ3n) is 0.853. The second-order valence-corrected chi connectivity index (χ2v) is 4.63. The monoisotopic (exact) mass is 197 g/mol. The molecule has 0 atom stereocenters. The SMILES string of the molecule is CCOP(=O)([CH-]SC)OCC. The van der Waals surface area contributed by atoms with Gasteiger partial charge < -0.3 is 20.8 Å². The molecule has 0 heterocycles. The lowest BCUT2D eigenvalue weighted by molar-refractivity contribution is 0.227. The highest BCUT2D eigenvalue weighted by Gasteiger charge is 2.10. The van der Waals surface area contributed by atoms with Crippen LogP contribution >= 0.6 is 19.4 Å². The summed E-state index contributed by atoms with van der Waals surface area (Å²) < 4.78 is 21.4. The molecule has 0 fully saturated rings. The molecule has 68 valence electrons. The lowest BCUT2D eigenvalue weighted by atomic mass is 10.9. The van der Waals surface area contributed by atoms with Gasteiger partial charge in [-0.3, -0.25) is 4.57 Å². The quantitative estimate of drug-likeness (QED) is 0.484. The van der Waals surface area contributed by atoms with E-state index in [2.05, 4.69) is 0 Å². The molecule has 0 rings (SSSR count). The molecule has 3 nitrogen and oxygen atoms in total. The molecule has 0 saturated heterocycles. The van der Waals surface area contributed by atoms with E-state index in [0.717, 1.165) is 0 Å². The fourth-order valence-corrected chi connectivity index (χ4v) is 2.90. The minimum atomic E-state index is -2.88. The molecule has 5 heteroatoms. The van der Waals surface area contributed by atoms with Gasteiger partial charge in [0.05, 0.1) is 13.2 Å². The average molecular weight is 197 g/mol. The molecule has 0 aliphatic rings. The second-order valence-electron chi connectivity index (χ2n) is 1.72.